The van der Waals surface area contributed by atoms with Crippen molar-refractivity contribution in [2.75, 3.05) is 13.6 Å². The van der Waals surface area contributed by atoms with Gasteiger partial charge in [-0.25, -0.2) is 0 Å². The van der Waals surface area contributed by atoms with Crippen molar-refractivity contribution in [3.05, 3.63) is 41.6 Å². The zero-order valence-corrected chi connectivity index (χ0v) is 13.0. The molecule has 118 valence electrons. The molecule has 0 bridgehead atoms. The number of carbonyl (C=O) groups excluding carboxylic acids is 2. The van der Waals surface area contributed by atoms with E-state index in [-0.39, 0.29) is 18.4 Å². The lowest BCUT2D eigenvalue weighted by atomic mass is 10.3. The van der Waals surface area contributed by atoms with Gasteiger partial charge >= 0.3 is 0 Å². The van der Waals surface area contributed by atoms with E-state index < -0.39 is 0 Å². The zero-order chi connectivity index (χ0) is 16.1. The third kappa shape index (κ3) is 3.75. The molecule has 0 aliphatic carbocycles. The summed E-state index contributed by atoms with van der Waals surface area (Å²) in [6.45, 7) is 4.64. The van der Waals surface area contributed by atoms with Crippen LogP contribution in [0.2, 0.25) is 0 Å². The molecule has 22 heavy (non-hydrogen) atoms. The summed E-state index contributed by atoms with van der Waals surface area (Å²) in [6, 6.07) is 5.27. The maximum atomic E-state index is 12.1. The molecule has 0 atom stereocenters. The zero-order valence-electron chi connectivity index (χ0n) is 13.0. The number of nitrogens with one attached hydrogen (secondary N) is 1. The van der Waals surface area contributed by atoms with Crippen molar-refractivity contribution >= 4 is 11.8 Å². The van der Waals surface area contributed by atoms with Crippen molar-refractivity contribution < 1.29 is 14.0 Å². The molecular weight excluding hydrogens is 284 g/mol. The number of hydrogen-bond donors (Lipinski definition) is 1. The summed E-state index contributed by atoms with van der Waals surface area (Å²) < 4.78 is 6.80. The molecule has 2 aromatic rings. The van der Waals surface area contributed by atoms with Crippen molar-refractivity contribution in [3.63, 3.8) is 0 Å². The van der Waals surface area contributed by atoms with Crippen LogP contribution < -0.4 is 5.32 Å². The fraction of sp³-hybridized carbons (Fsp3) is 0.400. The number of nitrogens with zero attached hydrogens (tertiary/aromatic N) is 3. The lowest BCUT2D eigenvalue weighted by Gasteiger charge is -2.16. The highest BCUT2D eigenvalue weighted by Crippen LogP contribution is 2.05. The molecule has 0 saturated heterocycles. The van der Waals surface area contributed by atoms with Gasteiger partial charge in [0.15, 0.2) is 0 Å². The van der Waals surface area contributed by atoms with E-state index in [4.69, 9.17) is 4.42 Å². The van der Waals surface area contributed by atoms with E-state index in [0.717, 1.165) is 5.69 Å². The second kappa shape index (κ2) is 6.93. The molecule has 0 aromatic carbocycles. The van der Waals surface area contributed by atoms with E-state index in [1.165, 1.54) is 4.90 Å². The minimum atomic E-state index is -0.304. The van der Waals surface area contributed by atoms with Crippen molar-refractivity contribution in [3.8, 4) is 0 Å². The Kier molecular flexibility index (Phi) is 4.98. The van der Waals surface area contributed by atoms with Crippen molar-refractivity contribution in [2.45, 2.75) is 26.9 Å². The summed E-state index contributed by atoms with van der Waals surface area (Å²) in [4.78, 5) is 25.6. The van der Waals surface area contributed by atoms with Crippen LogP contribution in [0.4, 0.5) is 0 Å². The molecular formula is C15H20N4O3. The summed E-state index contributed by atoms with van der Waals surface area (Å²) in [7, 11) is 1.66. The van der Waals surface area contributed by atoms with Crippen molar-refractivity contribution in [1.82, 2.24) is 20.0 Å². The standard InChI is InChI=1S/C15H20N4O3/c1-4-19-13(8-11(2)17-19)15(21)16-9-14(20)18(3)10-12-6-5-7-22-12/h5-8H,4,9-10H2,1-3H3,(H,16,21). The Labute approximate surface area is 128 Å². The average Bonchev–Trinajstić information content (AvgIpc) is 3.13. The number of hydrogen-bond acceptors (Lipinski definition) is 4. The number of rotatable bonds is 6. The predicted molar refractivity (Wildman–Crippen MR) is 80.2 cm³/mol. The maximum Gasteiger partial charge on any atom is 0.269 e. The summed E-state index contributed by atoms with van der Waals surface area (Å²) >= 11 is 0. The molecule has 0 unspecified atom stereocenters. The van der Waals surface area contributed by atoms with Gasteiger partial charge in [-0.3, -0.25) is 14.3 Å². The summed E-state index contributed by atoms with van der Waals surface area (Å²) in [6.07, 6.45) is 1.56. The van der Waals surface area contributed by atoms with E-state index >= 15 is 0 Å². The minimum Gasteiger partial charge on any atom is -0.467 e. The van der Waals surface area contributed by atoms with Gasteiger partial charge in [-0.15, -0.1) is 0 Å². The summed E-state index contributed by atoms with van der Waals surface area (Å²) in [5.74, 6) is 0.202. The highest BCUT2D eigenvalue weighted by molar-refractivity contribution is 5.95. The Hall–Kier alpha value is -2.57. The number of amides is 2. The molecule has 2 aromatic heterocycles. The molecule has 0 saturated carbocycles. The van der Waals surface area contributed by atoms with Crippen LogP contribution in [0.25, 0.3) is 0 Å². The van der Waals surface area contributed by atoms with Crippen LogP contribution in [0.1, 0.15) is 28.9 Å². The molecule has 0 spiro atoms. The largest absolute Gasteiger partial charge is 0.467 e. The monoisotopic (exact) mass is 304 g/mol. The third-order valence-corrected chi connectivity index (χ3v) is 3.23. The second-order valence-corrected chi connectivity index (χ2v) is 5.00. The molecule has 0 fully saturated rings. The first kappa shape index (κ1) is 15.8. The fourth-order valence-electron chi connectivity index (χ4n) is 2.08. The Balaban J connectivity index is 1.88. The van der Waals surface area contributed by atoms with Gasteiger partial charge in [-0.1, -0.05) is 0 Å². The lowest BCUT2D eigenvalue weighted by Crippen LogP contribution is -2.38. The number of likely N-dealkylation sites (N-methyl/N-ethyl adjacent to an activating group) is 1. The Morgan fingerprint density at radius 2 is 2.23 bits per heavy atom. The van der Waals surface area contributed by atoms with Gasteiger partial charge in [0, 0.05) is 13.6 Å². The van der Waals surface area contributed by atoms with Gasteiger partial charge in [0.05, 0.1) is 25.0 Å². The first-order chi connectivity index (χ1) is 10.5. The molecule has 7 heteroatoms. The third-order valence-electron chi connectivity index (χ3n) is 3.23. The van der Waals surface area contributed by atoms with Crippen LogP contribution in [-0.4, -0.2) is 40.1 Å². The molecule has 2 rings (SSSR count). The Bertz CT molecular complexity index is 646. The van der Waals surface area contributed by atoms with Crippen LogP contribution in [0.5, 0.6) is 0 Å². The Morgan fingerprint density at radius 3 is 2.86 bits per heavy atom. The van der Waals surface area contributed by atoms with Gasteiger partial charge in [-0.05, 0) is 32.0 Å². The first-order valence-corrected chi connectivity index (χ1v) is 7.10. The maximum absolute atomic E-state index is 12.1. The topological polar surface area (TPSA) is 80.4 Å². The van der Waals surface area contributed by atoms with E-state index in [1.807, 2.05) is 13.8 Å². The van der Waals surface area contributed by atoms with Crippen LogP contribution in [-0.2, 0) is 17.9 Å². The highest BCUT2D eigenvalue weighted by Gasteiger charge is 2.16. The normalized spacial score (nSPS) is 10.5. The lowest BCUT2D eigenvalue weighted by molar-refractivity contribution is -0.129. The van der Waals surface area contributed by atoms with Gasteiger partial charge < -0.3 is 14.6 Å². The molecule has 1 N–H and O–H groups in total. The number of furan rings is 1. The summed E-state index contributed by atoms with van der Waals surface area (Å²) in [5.41, 5.74) is 1.23. The second-order valence-electron chi connectivity index (χ2n) is 5.00. The smallest absolute Gasteiger partial charge is 0.269 e. The highest BCUT2D eigenvalue weighted by atomic mass is 16.3. The van der Waals surface area contributed by atoms with E-state index in [0.29, 0.717) is 24.5 Å². The van der Waals surface area contributed by atoms with Gasteiger partial charge in [-0.2, -0.15) is 5.10 Å². The predicted octanol–water partition coefficient (Wildman–Crippen LogP) is 1.19. The molecule has 7 nitrogen and oxygen atoms in total. The number of carbonyl (C=O) groups is 2. The van der Waals surface area contributed by atoms with Crippen molar-refractivity contribution in [2.24, 2.45) is 0 Å². The van der Waals surface area contributed by atoms with E-state index in [2.05, 4.69) is 10.4 Å². The van der Waals surface area contributed by atoms with Gasteiger partial charge in [0.2, 0.25) is 5.91 Å². The number of aryl methyl sites for hydroxylation is 2. The van der Waals surface area contributed by atoms with Crippen LogP contribution in [0, 0.1) is 6.92 Å². The number of aromatic nitrogens is 2. The van der Waals surface area contributed by atoms with E-state index in [9.17, 15) is 9.59 Å². The quantitative estimate of drug-likeness (QED) is 0.869. The molecule has 0 radical (unpaired) electrons. The fourth-order valence-corrected chi connectivity index (χ4v) is 2.08. The van der Waals surface area contributed by atoms with Gasteiger partial charge in [0.25, 0.3) is 5.91 Å². The van der Waals surface area contributed by atoms with Gasteiger partial charge in [0.1, 0.15) is 11.5 Å². The van der Waals surface area contributed by atoms with Crippen LogP contribution >= 0.6 is 0 Å². The molecule has 2 heterocycles. The summed E-state index contributed by atoms with van der Waals surface area (Å²) in [5, 5.41) is 6.84. The van der Waals surface area contributed by atoms with Crippen LogP contribution in [0.3, 0.4) is 0 Å². The van der Waals surface area contributed by atoms with Crippen molar-refractivity contribution in [1.29, 1.82) is 0 Å². The molecule has 2 amide bonds. The SMILES string of the molecule is CCn1nc(C)cc1C(=O)NCC(=O)N(C)Cc1ccco1. The average molecular weight is 304 g/mol. The molecule has 0 aliphatic rings. The van der Waals surface area contributed by atoms with Crippen LogP contribution in [0.15, 0.2) is 28.9 Å². The molecule has 0 aliphatic heterocycles. The van der Waals surface area contributed by atoms with E-state index in [1.54, 1.807) is 36.2 Å². The minimum absolute atomic E-state index is 0.0655. The first-order valence-electron chi connectivity index (χ1n) is 7.10. The Morgan fingerprint density at radius 1 is 1.45 bits per heavy atom.